The van der Waals surface area contributed by atoms with Gasteiger partial charge in [-0.1, -0.05) is 5.92 Å². The number of carbonyl (C=O) groups excluding carboxylic acids is 1. The van der Waals surface area contributed by atoms with Gasteiger partial charge >= 0.3 is 0 Å². The number of anilines is 1. The number of rotatable bonds is 0. The van der Waals surface area contributed by atoms with Gasteiger partial charge in [0.2, 0.25) is 0 Å². The first kappa shape index (κ1) is 9.20. The fourth-order valence-corrected chi connectivity index (χ4v) is 0.768. The van der Waals surface area contributed by atoms with Crippen LogP contribution in [0.3, 0.4) is 0 Å². The highest BCUT2D eigenvalue weighted by Crippen LogP contribution is 2.16. The molecule has 1 aromatic carbocycles. The number of nitrogens with two attached hydrogens (primary N) is 1. The minimum Gasteiger partial charge on any atom is -0.396 e. The van der Waals surface area contributed by atoms with E-state index in [0.717, 1.165) is 0 Å². The molecule has 0 spiro atoms. The summed E-state index contributed by atoms with van der Waals surface area (Å²) in [5, 5.41) is 0. The zero-order valence-electron chi connectivity index (χ0n) is 6.47. The molecule has 0 unspecified atom stereocenters. The van der Waals surface area contributed by atoms with E-state index in [0.29, 0.717) is 6.29 Å². The first-order valence-corrected chi connectivity index (χ1v) is 3.35. The summed E-state index contributed by atoms with van der Waals surface area (Å²) in [6.07, 6.45) is 0.299. The van der Waals surface area contributed by atoms with E-state index in [1.54, 1.807) is 0 Å². The van der Waals surface area contributed by atoms with Crippen LogP contribution < -0.4 is 5.73 Å². The smallest absolute Gasteiger partial charge is 0.193 e. The van der Waals surface area contributed by atoms with Crippen LogP contribution in [-0.4, -0.2) is 6.29 Å². The van der Waals surface area contributed by atoms with Crippen molar-refractivity contribution in [2.75, 3.05) is 5.73 Å². The van der Waals surface area contributed by atoms with Gasteiger partial charge in [0.25, 0.3) is 0 Å². The highest BCUT2D eigenvalue weighted by Gasteiger charge is 2.09. The van der Waals surface area contributed by atoms with E-state index in [-0.39, 0.29) is 11.3 Å². The Morgan fingerprint density at radius 1 is 1.31 bits per heavy atom. The standard InChI is InChI=1S/C9H5F2NO/c10-8-6(2-1-5-13)3-4-7(12)9(8)11/h3-5H,12H2. The number of aldehydes is 1. The number of hydrogen-bond acceptors (Lipinski definition) is 2. The number of benzene rings is 1. The van der Waals surface area contributed by atoms with Gasteiger partial charge in [-0.2, -0.15) is 0 Å². The molecule has 0 aliphatic carbocycles. The highest BCUT2D eigenvalue weighted by atomic mass is 19.2. The predicted octanol–water partition coefficient (Wildman–Crippen LogP) is 1.10. The topological polar surface area (TPSA) is 43.1 Å². The van der Waals surface area contributed by atoms with Crippen molar-refractivity contribution in [1.82, 2.24) is 0 Å². The number of halogens is 2. The summed E-state index contributed by atoms with van der Waals surface area (Å²) in [6, 6.07) is 2.40. The van der Waals surface area contributed by atoms with Crippen LogP contribution in [0.4, 0.5) is 14.5 Å². The molecule has 13 heavy (non-hydrogen) atoms. The molecule has 0 aromatic heterocycles. The summed E-state index contributed by atoms with van der Waals surface area (Å²) >= 11 is 0. The Morgan fingerprint density at radius 3 is 2.62 bits per heavy atom. The predicted molar refractivity (Wildman–Crippen MR) is 43.7 cm³/mol. The van der Waals surface area contributed by atoms with Crippen molar-refractivity contribution in [3.63, 3.8) is 0 Å². The fourth-order valence-electron chi connectivity index (χ4n) is 0.768. The molecule has 0 aliphatic heterocycles. The molecule has 0 saturated heterocycles. The monoisotopic (exact) mass is 181 g/mol. The molecule has 0 heterocycles. The number of nitrogen functional groups attached to an aromatic ring is 1. The molecule has 0 bridgehead atoms. The lowest BCUT2D eigenvalue weighted by atomic mass is 10.2. The molecule has 1 rings (SSSR count). The average molecular weight is 181 g/mol. The molecule has 0 saturated carbocycles. The van der Waals surface area contributed by atoms with Crippen LogP contribution in [0.5, 0.6) is 0 Å². The lowest BCUT2D eigenvalue weighted by molar-refractivity contribution is -0.103. The van der Waals surface area contributed by atoms with Crippen molar-refractivity contribution in [2.24, 2.45) is 0 Å². The second kappa shape index (κ2) is 3.68. The molecule has 0 fully saturated rings. The van der Waals surface area contributed by atoms with Gasteiger partial charge in [0.1, 0.15) is 0 Å². The van der Waals surface area contributed by atoms with Crippen molar-refractivity contribution in [2.45, 2.75) is 0 Å². The van der Waals surface area contributed by atoms with E-state index in [9.17, 15) is 13.6 Å². The van der Waals surface area contributed by atoms with Gasteiger partial charge in [-0.05, 0) is 18.1 Å². The Hall–Kier alpha value is -1.89. The van der Waals surface area contributed by atoms with Crippen LogP contribution in [0.15, 0.2) is 12.1 Å². The van der Waals surface area contributed by atoms with Crippen LogP contribution >= 0.6 is 0 Å². The van der Waals surface area contributed by atoms with Crippen molar-refractivity contribution in [3.8, 4) is 11.8 Å². The molecule has 0 amide bonds. The third-order valence-corrected chi connectivity index (χ3v) is 1.38. The maximum atomic E-state index is 12.9. The summed E-state index contributed by atoms with van der Waals surface area (Å²) < 4.78 is 25.7. The van der Waals surface area contributed by atoms with Crippen LogP contribution in [0.1, 0.15) is 5.56 Å². The fraction of sp³-hybridized carbons (Fsp3) is 0. The van der Waals surface area contributed by atoms with Crippen molar-refractivity contribution in [1.29, 1.82) is 0 Å². The van der Waals surface area contributed by atoms with Gasteiger partial charge in [-0.3, -0.25) is 4.79 Å². The minimum atomic E-state index is -1.14. The minimum absolute atomic E-state index is 0.182. The lowest BCUT2D eigenvalue weighted by Gasteiger charge is -1.98. The SMILES string of the molecule is Nc1ccc(C#CC=O)c(F)c1F. The summed E-state index contributed by atoms with van der Waals surface area (Å²) in [5.41, 5.74) is 4.62. The quantitative estimate of drug-likeness (QED) is 0.370. The largest absolute Gasteiger partial charge is 0.396 e. The first-order chi connectivity index (χ1) is 6.16. The van der Waals surface area contributed by atoms with Crippen molar-refractivity contribution >= 4 is 12.0 Å². The van der Waals surface area contributed by atoms with Gasteiger partial charge in [0, 0.05) is 0 Å². The Labute approximate surface area is 73.4 Å². The molecular weight excluding hydrogens is 176 g/mol. The lowest BCUT2D eigenvalue weighted by Crippen LogP contribution is -1.96. The zero-order chi connectivity index (χ0) is 9.84. The summed E-state index contributed by atoms with van der Waals surface area (Å²) in [6.45, 7) is 0. The Balaban J connectivity index is 3.25. The number of hydrogen-bond donors (Lipinski definition) is 1. The molecule has 66 valence electrons. The van der Waals surface area contributed by atoms with Crippen LogP contribution in [0, 0.1) is 23.5 Å². The van der Waals surface area contributed by atoms with Gasteiger partial charge in [0.15, 0.2) is 17.9 Å². The normalized spacial score (nSPS) is 8.77. The summed E-state index contributed by atoms with van der Waals surface area (Å²) in [4.78, 5) is 9.83. The zero-order valence-corrected chi connectivity index (χ0v) is 6.47. The van der Waals surface area contributed by atoms with Crippen LogP contribution in [0.25, 0.3) is 0 Å². The van der Waals surface area contributed by atoms with Gasteiger partial charge in [0.05, 0.1) is 11.3 Å². The van der Waals surface area contributed by atoms with Gasteiger partial charge in [-0.15, -0.1) is 0 Å². The molecule has 2 N–H and O–H groups in total. The molecule has 0 aliphatic rings. The van der Waals surface area contributed by atoms with E-state index in [1.165, 1.54) is 12.1 Å². The van der Waals surface area contributed by atoms with E-state index >= 15 is 0 Å². The molecule has 0 radical (unpaired) electrons. The van der Waals surface area contributed by atoms with Crippen molar-refractivity contribution in [3.05, 3.63) is 29.3 Å². The molecule has 0 atom stereocenters. The van der Waals surface area contributed by atoms with Gasteiger partial charge < -0.3 is 5.73 Å². The van der Waals surface area contributed by atoms with Crippen molar-refractivity contribution < 1.29 is 13.6 Å². The van der Waals surface area contributed by atoms with Gasteiger partial charge in [-0.25, -0.2) is 8.78 Å². The average Bonchev–Trinajstić information content (AvgIpc) is 2.13. The second-order valence-corrected chi connectivity index (χ2v) is 2.22. The number of carbonyl (C=O) groups is 1. The van der Waals surface area contributed by atoms with E-state index < -0.39 is 11.6 Å². The second-order valence-electron chi connectivity index (χ2n) is 2.22. The van der Waals surface area contributed by atoms with E-state index in [2.05, 4.69) is 5.92 Å². The molecule has 2 nitrogen and oxygen atoms in total. The van der Waals surface area contributed by atoms with E-state index in [1.807, 2.05) is 5.92 Å². The summed E-state index contributed by atoms with van der Waals surface area (Å²) in [7, 11) is 0. The Bertz CT molecular complexity index is 404. The first-order valence-electron chi connectivity index (χ1n) is 3.35. The Kier molecular flexibility index (Phi) is 2.60. The highest BCUT2D eigenvalue weighted by molar-refractivity contribution is 5.74. The van der Waals surface area contributed by atoms with Crippen LogP contribution in [0.2, 0.25) is 0 Å². The maximum Gasteiger partial charge on any atom is 0.193 e. The third-order valence-electron chi connectivity index (χ3n) is 1.38. The van der Waals surface area contributed by atoms with E-state index in [4.69, 9.17) is 5.73 Å². The maximum absolute atomic E-state index is 12.9. The molecule has 1 aromatic rings. The molecular formula is C9H5F2NO. The van der Waals surface area contributed by atoms with Crippen LogP contribution in [-0.2, 0) is 4.79 Å². The third kappa shape index (κ3) is 1.82. The Morgan fingerprint density at radius 2 is 2.00 bits per heavy atom. The summed E-state index contributed by atoms with van der Waals surface area (Å²) in [5.74, 6) is 1.84. The molecule has 4 heteroatoms.